The molecule has 0 saturated heterocycles. The second kappa shape index (κ2) is 7.99. The van der Waals surface area contributed by atoms with Crippen molar-refractivity contribution in [2.24, 2.45) is 5.92 Å². The van der Waals surface area contributed by atoms with Gasteiger partial charge in [-0.1, -0.05) is 22.9 Å². The quantitative estimate of drug-likeness (QED) is 0.797. The van der Waals surface area contributed by atoms with Crippen LogP contribution in [0.2, 0.25) is 0 Å². The van der Waals surface area contributed by atoms with Crippen LogP contribution in [-0.4, -0.2) is 23.5 Å². The van der Waals surface area contributed by atoms with Crippen LogP contribution in [-0.2, 0) is 4.79 Å². The van der Waals surface area contributed by atoms with Gasteiger partial charge in [0.05, 0.1) is 5.56 Å². The number of carbonyl (C=O) groups is 2. The molecule has 0 fully saturated rings. The fourth-order valence-corrected chi connectivity index (χ4v) is 2.05. The highest BCUT2D eigenvalue weighted by Gasteiger charge is 2.12. The minimum atomic E-state index is -0.821. The SMILES string of the molecule is CC(CCNC(=O)c1ccc(Br)cc1F)CCC(=O)O. The van der Waals surface area contributed by atoms with E-state index in [4.69, 9.17) is 5.11 Å². The van der Waals surface area contributed by atoms with Crippen LogP contribution in [0.15, 0.2) is 22.7 Å². The molecule has 1 aromatic rings. The standard InChI is InChI=1S/C14H17BrFNO3/c1-9(2-5-13(18)19)6-7-17-14(20)11-4-3-10(15)8-12(11)16/h3-4,8-9H,2,5-7H2,1H3,(H,17,20)(H,18,19). The first kappa shape index (κ1) is 16.6. The van der Waals surface area contributed by atoms with Crippen LogP contribution >= 0.6 is 15.9 Å². The Hall–Kier alpha value is -1.43. The second-order valence-corrected chi connectivity index (χ2v) is 5.62. The first-order chi connectivity index (χ1) is 9.40. The number of hydrogen-bond acceptors (Lipinski definition) is 2. The van der Waals surface area contributed by atoms with Crippen molar-refractivity contribution < 1.29 is 19.1 Å². The van der Waals surface area contributed by atoms with E-state index in [-0.39, 0.29) is 17.9 Å². The minimum absolute atomic E-state index is 0.00592. The van der Waals surface area contributed by atoms with E-state index in [0.29, 0.717) is 23.9 Å². The van der Waals surface area contributed by atoms with Crippen molar-refractivity contribution in [1.82, 2.24) is 5.32 Å². The van der Waals surface area contributed by atoms with Gasteiger partial charge in [0.25, 0.3) is 5.91 Å². The molecule has 0 heterocycles. The molecule has 0 aromatic heterocycles. The van der Waals surface area contributed by atoms with Gasteiger partial charge in [-0.2, -0.15) is 0 Å². The summed E-state index contributed by atoms with van der Waals surface area (Å²) >= 11 is 3.13. The number of hydrogen-bond donors (Lipinski definition) is 2. The molecule has 20 heavy (non-hydrogen) atoms. The predicted molar refractivity (Wildman–Crippen MR) is 77.1 cm³/mol. The Bertz CT molecular complexity index is 493. The van der Waals surface area contributed by atoms with Crippen molar-refractivity contribution in [3.05, 3.63) is 34.1 Å². The topological polar surface area (TPSA) is 66.4 Å². The predicted octanol–water partition coefficient (Wildman–Crippen LogP) is 3.21. The number of carbonyl (C=O) groups excluding carboxylic acids is 1. The average molecular weight is 346 g/mol. The van der Waals surface area contributed by atoms with Gasteiger partial charge in [0.1, 0.15) is 5.82 Å². The molecule has 0 aliphatic carbocycles. The Morgan fingerprint density at radius 2 is 2.10 bits per heavy atom. The summed E-state index contributed by atoms with van der Waals surface area (Å²) in [5.41, 5.74) is 0.00592. The Kier molecular flexibility index (Phi) is 6.64. The Labute approximate surface area is 125 Å². The molecule has 110 valence electrons. The van der Waals surface area contributed by atoms with Crippen LogP contribution in [0.5, 0.6) is 0 Å². The number of carboxylic acid groups (broad SMARTS) is 1. The van der Waals surface area contributed by atoms with Crippen molar-refractivity contribution in [3.8, 4) is 0 Å². The van der Waals surface area contributed by atoms with Crippen molar-refractivity contribution in [1.29, 1.82) is 0 Å². The second-order valence-electron chi connectivity index (χ2n) is 4.71. The lowest BCUT2D eigenvalue weighted by molar-refractivity contribution is -0.137. The van der Waals surface area contributed by atoms with Crippen LogP contribution in [0.3, 0.4) is 0 Å². The monoisotopic (exact) mass is 345 g/mol. The highest BCUT2D eigenvalue weighted by Crippen LogP contribution is 2.15. The van der Waals surface area contributed by atoms with E-state index in [1.165, 1.54) is 12.1 Å². The van der Waals surface area contributed by atoms with Crippen LogP contribution in [0.1, 0.15) is 36.5 Å². The maximum Gasteiger partial charge on any atom is 0.303 e. The molecule has 1 unspecified atom stereocenters. The lowest BCUT2D eigenvalue weighted by Gasteiger charge is -2.11. The maximum absolute atomic E-state index is 13.5. The van der Waals surface area contributed by atoms with Gasteiger partial charge in [0.2, 0.25) is 0 Å². The first-order valence-electron chi connectivity index (χ1n) is 6.35. The number of aliphatic carboxylic acids is 1. The molecule has 4 nitrogen and oxygen atoms in total. The van der Waals surface area contributed by atoms with Crippen LogP contribution < -0.4 is 5.32 Å². The molecule has 1 atom stereocenters. The zero-order valence-corrected chi connectivity index (χ0v) is 12.7. The van der Waals surface area contributed by atoms with E-state index >= 15 is 0 Å². The molecule has 0 aliphatic rings. The number of halogens is 2. The zero-order chi connectivity index (χ0) is 15.1. The van der Waals surface area contributed by atoms with E-state index < -0.39 is 17.7 Å². The molecule has 0 aliphatic heterocycles. The van der Waals surface area contributed by atoms with Gasteiger partial charge in [0, 0.05) is 17.4 Å². The van der Waals surface area contributed by atoms with Crippen LogP contribution in [0, 0.1) is 11.7 Å². The fraction of sp³-hybridized carbons (Fsp3) is 0.429. The molecule has 6 heteroatoms. The van der Waals surface area contributed by atoms with Crippen LogP contribution in [0.25, 0.3) is 0 Å². The maximum atomic E-state index is 13.5. The van der Waals surface area contributed by atoms with Crippen molar-refractivity contribution in [3.63, 3.8) is 0 Å². The number of amides is 1. The number of nitrogens with one attached hydrogen (secondary N) is 1. The molecule has 1 rings (SSSR count). The Morgan fingerprint density at radius 3 is 2.70 bits per heavy atom. The molecular formula is C14H17BrFNO3. The molecule has 0 radical (unpaired) electrons. The molecule has 0 spiro atoms. The van der Waals surface area contributed by atoms with Gasteiger partial charge in [-0.15, -0.1) is 0 Å². The van der Waals surface area contributed by atoms with Gasteiger partial charge in [-0.3, -0.25) is 9.59 Å². The van der Waals surface area contributed by atoms with Gasteiger partial charge < -0.3 is 10.4 Å². The smallest absolute Gasteiger partial charge is 0.303 e. The van der Waals surface area contributed by atoms with E-state index in [0.717, 1.165) is 0 Å². The van der Waals surface area contributed by atoms with E-state index in [9.17, 15) is 14.0 Å². The van der Waals surface area contributed by atoms with Gasteiger partial charge in [0.15, 0.2) is 0 Å². The molecule has 1 aromatic carbocycles. The van der Waals surface area contributed by atoms with Gasteiger partial charge >= 0.3 is 5.97 Å². The zero-order valence-electron chi connectivity index (χ0n) is 11.2. The summed E-state index contributed by atoms with van der Waals surface area (Å²) in [5, 5.41) is 11.2. The summed E-state index contributed by atoms with van der Waals surface area (Å²) in [6.45, 7) is 2.32. The molecule has 1 amide bonds. The summed E-state index contributed by atoms with van der Waals surface area (Å²) in [4.78, 5) is 22.2. The van der Waals surface area contributed by atoms with Crippen molar-refractivity contribution in [2.75, 3.05) is 6.54 Å². The van der Waals surface area contributed by atoms with Crippen molar-refractivity contribution >= 4 is 27.8 Å². The number of rotatable bonds is 7. The third kappa shape index (κ3) is 5.69. The van der Waals surface area contributed by atoms with Crippen molar-refractivity contribution in [2.45, 2.75) is 26.2 Å². The summed E-state index contributed by atoms with van der Waals surface area (Å²) in [7, 11) is 0. The Balaban J connectivity index is 2.38. The summed E-state index contributed by atoms with van der Waals surface area (Å²) < 4.78 is 14.1. The number of benzene rings is 1. The average Bonchev–Trinajstić information content (AvgIpc) is 2.36. The highest BCUT2D eigenvalue weighted by molar-refractivity contribution is 9.10. The minimum Gasteiger partial charge on any atom is -0.481 e. The summed E-state index contributed by atoms with van der Waals surface area (Å²) in [6, 6.07) is 4.26. The largest absolute Gasteiger partial charge is 0.481 e. The molecular weight excluding hydrogens is 329 g/mol. The fourth-order valence-electron chi connectivity index (χ4n) is 1.72. The Morgan fingerprint density at radius 1 is 1.40 bits per heavy atom. The first-order valence-corrected chi connectivity index (χ1v) is 7.14. The van der Waals surface area contributed by atoms with Gasteiger partial charge in [-0.25, -0.2) is 4.39 Å². The van der Waals surface area contributed by atoms with E-state index in [1.54, 1.807) is 6.07 Å². The van der Waals surface area contributed by atoms with E-state index in [2.05, 4.69) is 21.2 Å². The lowest BCUT2D eigenvalue weighted by atomic mass is 10.0. The number of carboxylic acids is 1. The lowest BCUT2D eigenvalue weighted by Crippen LogP contribution is -2.26. The summed E-state index contributed by atoms with van der Waals surface area (Å²) in [6.07, 6.45) is 1.35. The van der Waals surface area contributed by atoms with Gasteiger partial charge in [-0.05, 0) is 37.0 Å². The third-order valence-electron chi connectivity index (χ3n) is 2.95. The van der Waals surface area contributed by atoms with Crippen LogP contribution in [0.4, 0.5) is 4.39 Å². The molecule has 0 saturated carbocycles. The highest BCUT2D eigenvalue weighted by atomic mass is 79.9. The molecule has 0 bridgehead atoms. The molecule has 2 N–H and O–H groups in total. The third-order valence-corrected chi connectivity index (χ3v) is 3.44. The van der Waals surface area contributed by atoms with E-state index in [1.807, 2.05) is 6.92 Å². The summed E-state index contributed by atoms with van der Waals surface area (Å²) in [5.74, 6) is -1.66. The normalized spacial score (nSPS) is 11.9.